The van der Waals surface area contributed by atoms with Crippen LogP contribution in [0.3, 0.4) is 0 Å². The van der Waals surface area contributed by atoms with Gasteiger partial charge in [0.1, 0.15) is 5.75 Å². The fraction of sp³-hybridized carbons (Fsp3) is 0.300. The number of carbonyl (C=O) groups is 1. The Morgan fingerprint density at radius 3 is 2.15 bits per heavy atom. The van der Waals surface area contributed by atoms with E-state index in [-0.39, 0.29) is 5.97 Å². The predicted molar refractivity (Wildman–Crippen MR) is 52.2 cm³/mol. The van der Waals surface area contributed by atoms with Crippen LogP contribution in [0.4, 0.5) is 0 Å². The zero-order valence-corrected chi connectivity index (χ0v) is 8.61. The highest BCUT2D eigenvalue weighted by molar-refractivity contribution is 6.32. The lowest BCUT2D eigenvalue weighted by atomic mass is 10.1. The van der Waals surface area contributed by atoms with Crippen LogP contribution in [0.2, 0.25) is 5.02 Å². The number of halogens is 1. The van der Waals surface area contributed by atoms with Crippen molar-refractivity contribution >= 4 is 17.6 Å². The summed E-state index contributed by atoms with van der Waals surface area (Å²) in [5.74, 6) is 0.230. The Kier molecular flexibility index (Phi) is 2.94. The van der Waals surface area contributed by atoms with Crippen molar-refractivity contribution in [3.8, 4) is 5.75 Å². The lowest BCUT2D eigenvalue weighted by Crippen LogP contribution is -2.01. The van der Waals surface area contributed by atoms with Gasteiger partial charge in [0.05, 0.1) is 0 Å². The summed E-state index contributed by atoms with van der Waals surface area (Å²) in [6, 6.07) is 3.49. The van der Waals surface area contributed by atoms with E-state index in [0.29, 0.717) is 5.75 Å². The Bertz CT molecular complexity index is 322. The molecule has 70 valence electrons. The van der Waals surface area contributed by atoms with Crippen LogP contribution in [0.15, 0.2) is 12.1 Å². The zero-order chi connectivity index (χ0) is 10.0. The number of benzene rings is 1. The molecule has 0 atom stereocenters. The summed E-state index contributed by atoms with van der Waals surface area (Å²) in [4.78, 5) is 10.7. The van der Waals surface area contributed by atoms with Crippen LogP contribution in [0.25, 0.3) is 0 Å². The van der Waals surface area contributed by atoms with Crippen molar-refractivity contribution in [2.24, 2.45) is 0 Å². The van der Waals surface area contributed by atoms with Gasteiger partial charge in [-0.1, -0.05) is 11.6 Å². The lowest BCUT2D eigenvalue weighted by molar-refractivity contribution is -0.131. The van der Waals surface area contributed by atoms with Gasteiger partial charge in [-0.25, -0.2) is 0 Å². The number of carbonyl (C=O) groups excluding carboxylic acids is 1. The van der Waals surface area contributed by atoms with Crippen molar-refractivity contribution in [1.29, 1.82) is 0 Å². The van der Waals surface area contributed by atoms with Crippen LogP contribution >= 0.6 is 11.6 Å². The molecule has 0 radical (unpaired) electrons. The molecule has 0 aromatic heterocycles. The third kappa shape index (κ3) is 2.46. The molecule has 3 heteroatoms. The first-order valence-corrected chi connectivity index (χ1v) is 4.33. The van der Waals surface area contributed by atoms with Gasteiger partial charge in [-0.3, -0.25) is 4.79 Å². The second-order valence-electron chi connectivity index (χ2n) is 2.96. The molecule has 1 aromatic carbocycles. The molecule has 1 aromatic rings. The summed E-state index contributed by atoms with van der Waals surface area (Å²) in [6.45, 7) is 5.13. The van der Waals surface area contributed by atoms with Gasteiger partial charge in [0, 0.05) is 11.9 Å². The monoisotopic (exact) mass is 198 g/mol. The number of rotatable bonds is 1. The molecule has 0 spiro atoms. The summed E-state index contributed by atoms with van der Waals surface area (Å²) in [6.07, 6.45) is 0. The summed E-state index contributed by atoms with van der Waals surface area (Å²) in [5.41, 5.74) is 1.83. The highest BCUT2D eigenvalue weighted by Crippen LogP contribution is 2.25. The molecule has 1 rings (SSSR count). The van der Waals surface area contributed by atoms with Crippen molar-refractivity contribution in [3.05, 3.63) is 28.3 Å². The van der Waals surface area contributed by atoms with E-state index >= 15 is 0 Å². The maximum Gasteiger partial charge on any atom is 0.308 e. The highest BCUT2D eigenvalue weighted by Gasteiger charge is 2.04. The molecule has 2 nitrogen and oxygen atoms in total. The molecule has 0 saturated heterocycles. The minimum Gasteiger partial charge on any atom is -0.427 e. The van der Waals surface area contributed by atoms with Crippen molar-refractivity contribution in [3.63, 3.8) is 0 Å². The maximum absolute atomic E-state index is 10.7. The molecule has 0 bridgehead atoms. The first kappa shape index (κ1) is 10.1. The minimum absolute atomic E-state index is 0.318. The SMILES string of the molecule is CC(=O)Oc1cc(C)c(Cl)c(C)c1. The van der Waals surface area contributed by atoms with Gasteiger partial charge in [-0.2, -0.15) is 0 Å². The molecule has 0 heterocycles. The maximum atomic E-state index is 10.7. The van der Waals surface area contributed by atoms with Crippen LogP contribution in [0, 0.1) is 13.8 Å². The van der Waals surface area contributed by atoms with Crippen molar-refractivity contribution in [1.82, 2.24) is 0 Å². The van der Waals surface area contributed by atoms with Crippen LogP contribution < -0.4 is 4.74 Å². The third-order valence-corrected chi connectivity index (χ3v) is 2.27. The third-order valence-electron chi connectivity index (χ3n) is 1.67. The number of ether oxygens (including phenoxy) is 1. The molecule has 13 heavy (non-hydrogen) atoms. The highest BCUT2D eigenvalue weighted by atomic mass is 35.5. The van der Waals surface area contributed by atoms with Crippen LogP contribution in [0.1, 0.15) is 18.1 Å². The fourth-order valence-corrected chi connectivity index (χ4v) is 1.24. The molecule has 0 N–H and O–H groups in total. The average molecular weight is 199 g/mol. The van der Waals surface area contributed by atoms with E-state index in [4.69, 9.17) is 16.3 Å². The van der Waals surface area contributed by atoms with Crippen LogP contribution in [0.5, 0.6) is 5.75 Å². The second-order valence-corrected chi connectivity index (χ2v) is 3.34. The first-order chi connectivity index (χ1) is 6.00. The fourth-order valence-electron chi connectivity index (χ4n) is 1.13. The quantitative estimate of drug-likeness (QED) is 0.512. The van der Waals surface area contributed by atoms with E-state index in [1.54, 1.807) is 12.1 Å². The summed E-state index contributed by atoms with van der Waals surface area (Å²) >= 11 is 5.95. The molecule has 0 unspecified atom stereocenters. The second kappa shape index (κ2) is 3.79. The van der Waals surface area contributed by atoms with E-state index < -0.39 is 0 Å². The number of hydrogen-bond acceptors (Lipinski definition) is 2. The van der Waals surface area contributed by atoms with Gasteiger partial charge in [0.25, 0.3) is 0 Å². The van der Waals surface area contributed by atoms with E-state index in [1.807, 2.05) is 13.8 Å². The average Bonchev–Trinajstić information content (AvgIpc) is 1.98. The Hall–Kier alpha value is -1.02. The van der Waals surface area contributed by atoms with Crippen molar-refractivity contribution in [2.45, 2.75) is 20.8 Å². The zero-order valence-electron chi connectivity index (χ0n) is 7.85. The molecular formula is C10H11ClO2. The van der Waals surface area contributed by atoms with Gasteiger partial charge in [0.2, 0.25) is 0 Å². The molecule has 0 saturated carbocycles. The first-order valence-electron chi connectivity index (χ1n) is 3.96. The molecule has 0 aliphatic carbocycles. The summed E-state index contributed by atoms with van der Waals surface area (Å²) < 4.78 is 4.93. The standard InChI is InChI=1S/C10H11ClO2/c1-6-4-9(13-8(3)12)5-7(2)10(6)11/h4-5H,1-3H3. The van der Waals surface area contributed by atoms with E-state index in [0.717, 1.165) is 16.1 Å². The summed E-state index contributed by atoms with van der Waals surface area (Å²) in [5, 5.41) is 0.718. The molecule has 0 aliphatic heterocycles. The van der Waals surface area contributed by atoms with Gasteiger partial charge in [-0.15, -0.1) is 0 Å². The number of hydrogen-bond donors (Lipinski definition) is 0. The Morgan fingerprint density at radius 1 is 1.31 bits per heavy atom. The van der Waals surface area contributed by atoms with Crippen molar-refractivity contribution < 1.29 is 9.53 Å². The summed E-state index contributed by atoms with van der Waals surface area (Å²) in [7, 11) is 0. The van der Waals surface area contributed by atoms with E-state index in [2.05, 4.69) is 0 Å². The van der Waals surface area contributed by atoms with Gasteiger partial charge < -0.3 is 4.74 Å². The van der Waals surface area contributed by atoms with Crippen molar-refractivity contribution in [2.75, 3.05) is 0 Å². The van der Waals surface area contributed by atoms with Gasteiger partial charge in [0.15, 0.2) is 0 Å². The molecular weight excluding hydrogens is 188 g/mol. The molecule has 0 amide bonds. The van der Waals surface area contributed by atoms with Gasteiger partial charge >= 0.3 is 5.97 Å². The predicted octanol–water partition coefficient (Wildman–Crippen LogP) is 2.88. The van der Waals surface area contributed by atoms with Crippen LogP contribution in [-0.4, -0.2) is 5.97 Å². The van der Waals surface area contributed by atoms with E-state index in [1.165, 1.54) is 6.92 Å². The topological polar surface area (TPSA) is 26.3 Å². The Balaban J connectivity index is 3.06. The number of esters is 1. The Morgan fingerprint density at radius 2 is 1.77 bits per heavy atom. The van der Waals surface area contributed by atoms with Gasteiger partial charge in [-0.05, 0) is 37.1 Å². The van der Waals surface area contributed by atoms with E-state index in [9.17, 15) is 4.79 Å². The minimum atomic E-state index is -0.318. The van der Waals surface area contributed by atoms with Crippen LogP contribution in [-0.2, 0) is 4.79 Å². The smallest absolute Gasteiger partial charge is 0.308 e. The molecule has 0 aliphatic rings. The number of aryl methyl sites for hydroxylation is 2. The largest absolute Gasteiger partial charge is 0.427 e. The lowest BCUT2D eigenvalue weighted by Gasteiger charge is -2.06. The molecule has 0 fully saturated rings. The normalized spacial score (nSPS) is 9.85. The Labute approximate surface area is 82.5 Å².